The van der Waals surface area contributed by atoms with Crippen molar-refractivity contribution in [1.82, 2.24) is 9.97 Å². The summed E-state index contributed by atoms with van der Waals surface area (Å²) < 4.78 is 10.6. The molecule has 0 bridgehead atoms. The SMILES string of the molecule is COc1cc(CO)ccc1Oc1cncc(C(=O)O)n1. The Hall–Kier alpha value is -2.67. The molecular formula is C13H12N2O5. The van der Waals surface area contributed by atoms with Crippen LogP contribution < -0.4 is 9.47 Å². The number of carbonyl (C=O) groups is 1. The van der Waals surface area contributed by atoms with Crippen molar-refractivity contribution >= 4 is 5.97 Å². The van der Waals surface area contributed by atoms with Crippen LogP contribution in [0.1, 0.15) is 16.1 Å². The Morgan fingerprint density at radius 2 is 2.10 bits per heavy atom. The molecule has 7 nitrogen and oxygen atoms in total. The van der Waals surface area contributed by atoms with E-state index < -0.39 is 5.97 Å². The summed E-state index contributed by atoms with van der Waals surface area (Å²) in [7, 11) is 1.46. The molecule has 0 amide bonds. The Labute approximate surface area is 114 Å². The fourth-order valence-electron chi connectivity index (χ4n) is 1.51. The topological polar surface area (TPSA) is 102 Å². The second-order valence-electron chi connectivity index (χ2n) is 3.79. The van der Waals surface area contributed by atoms with Crippen LogP contribution in [0.15, 0.2) is 30.6 Å². The highest BCUT2D eigenvalue weighted by molar-refractivity contribution is 5.84. The number of benzene rings is 1. The Kier molecular flexibility index (Phi) is 4.11. The summed E-state index contributed by atoms with van der Waals surface area (Å²) in [6.07, 6.45) is 2.42. The molecule has 0 atom stereocenters. The van der Waals surface area contributed by atoms with Crippen molar-refractivity contribution in [3.63, 3.8) is 0 Å². The van der Waals surface area contributed by atoms with Crippen molar-refractivity contribution in [2.24, 2.45) is 0 Å². The molecule has 1 aromatic heterocycles. The first-order chi connectivity index (χ1) is 9.63. The van der Waals surface area contributed by atoms with Gasteiger partial charge in [-0.25, -0.2) is 9.78 Å². The van der Waals surface area contributed by atoms with E-state index in [-0.39, 0.29) is 18.2 Å². The maximum absolute atomic E-state index is 10.8. The average Bonchev–Trinajstić information content (AvgIpc) is 2.48. The van der Waals surface area contributed by atoms with Crippen LogP contribution in [0.2, 0.25) is 0 Å². The van der Waals surface area contributed by atoms with E-state index in [2.05, 4.69) is 9.97 Å². The summed E-state index contributed by atoms with van der Waals surface area (Å²) in [5.41, 5.74) is 0.452. The van der Waals surface area contributed by atoms with E-state index in [0.29, 0.717) is 17.1 Å². The summed E-state index contributed by atoms with van der Waals surface area (Å²) in [5.74, 6) is -0.397. The van der Waals surface area contributed by atoms with Gasteiger partial charge in [-0.05, 0) is 17.7 Å². The molecule has 0 aliphatic heterocycles. The lowest BCUT2D eigenvalue weighted by atomic mass is 10.2. The van der Waals surface area contributed by atoms with Crippen molar-refractivity contribution in [2.75, 3.05) is 7.11 Å². The molecule has 0 aliphatic rings. The van der Waals surface area contributed by atoms with Crippen LogP contribution in [-0.2, 0) is 6.61 Å². The number of hydrogen-bond donors (Lipinski definition) is 2. The van der Waals surface area contributed by atoms with Gasteiger partial charge in [-0.2, -0.15) is 0 Å². The lowest BCUT2D eigenvalue weighted by molar-refractivity contribution is 0.0689. The smallest absolute Gasteiger partial charge is 0.356 e. The Morgan fingerprint density at radius 3 is 2.75 bits per heavy atom. The van der Waals surface area contributed by atoms with Gasteiger partial charge in [-0.15, -0.1) is 0 Å². The van der Waals surface area contributed by atoms with Gasteiger partial charge in [-0.3, -0.25) is 4.98 Å². The Bertz CT molecular complexity index is 630. The number of aliphatic hydroxyl groups is 1. The Morgan fingerprint density at radius 1 is 1.30 bits per heavy atom. The first kappa shape index (κ1) is 13.8. The van der Waals surface area contributed by atoms with Crippen LogP contribution in [0, 0.1) is 0 Å². The second-order valence-corrected chi connectivity index (χ2v) is 3.79. The zero-order valence-electron chi connectivity index (χ0n) is 10.6. The molecule has 1 heterocycles. The summed E-state index contributed by atoms with van der Waals surface area (Å²) in [6, 6.07) is 4.87. The number of nitrogens with zero attached hydrogens (tertiary/aromatic N) is 2. The van der Waals surface area contributed by atoms with Gasteiger partial charge in [0.25, 0.3) is 0 Å². The number of carboxylic acid groups (broad SMARTS) is 1. The normalized spacial score (nSPS) is 10.1. The zero-order chi connectivity index (χ0) is 14.5. The van der Waals surface area contributed by atoms with Crippen molar-refractivity contribution in [3.8, 4) is 17.4 Å². The van der Waals surface area contributed by atoms with Gasteiger partial charge in [0.1, 0.15) is 0 Å². The molecule has 0 radical (unpaired) electrons. The van der Waals surface area contributed by atoms with Crippen molar-refractivity contribution < 1.29 is 24.5 Å². The van der Waals surface area contributed by atoms with Crippen molar-refractivity contribution in [1.29, 1.82) is 0 Å². The predicted molar refractivity (Wildman–Crippen MR) is 68.0 cm³/mol. The molecule has 1 aromatic carbocycles. The minimum atomic E-state index is -1.19. The number of rotatable bonds is 5. The second kappa shape index (κ2) is 5.98. The standard InChI is InChI=1S/C13H12N2O5/c1-19-11-4-8(7-16)2-3-10(11)20-12-6-14-5-9(15-12)13(17)18/h2-6,16H,7H2,1H3,(H,17,18). The molecule has 2 rings (SSSR count). The van der Waals surface area contributed by atoms with Gasteiger partial charge in [0, 0.05) is 0 Å². The minimum Gasteiger partial charge on any atom is -0.493 e. The molecule has 0 fully saturated rings. The van der Waals surface area contributed by atoms with Crippen LogP contribution in [-0.4, -0.2) is 33.3 Å². The van der Waals surface area contributed by atoms with Crippen molar-refractivity contribution in [2.45, 2.75) is 6.61 Å². The van der Waals surface area contributed by atoms with E-state index in [1.165, 1.54) is 13.3 Å². The number of ether oxygens (including phenoxy) is 2. The fraction of sp³-hybridized carbons (Fsp3) is 0.154. The van der Waals surface area contributed by atoms with E-state index in [9.17, 15) is 4.79 Å². The summed E-state index contributed by atoms with van der Waals surface area (Å²) in [6.45, 7) is -0.120. The first-order valence-corrected chi connectivity index (χ1v) is 5.65. The third-order valence-electron chi connectivity index (χ3n) is 2.46. The lowest BCUT2D eigenvalue weighted by Crippen LogP contribution is -2.02. The third kappa shape index (κ3) is 3.01. The maximum atomic E-state index is 10.8. The Balaban J connectivity index is 2.29. The highest BCUT2D eigenvalue weighted by atomic mass is 16.5. The monoisotopic (exact) mass is 276 g/mol. The highest BCUT2D eigenvalue weighted by Gasteiger charge is 2.11. The average molecular weight is 276 g/mol. The zero-order valence-corrected chi connectivity index (χ0v) is 10.6. The number of methoxy groups -OCH3 is 1. The van der Waals surface area contributed by atoms with Gasteiger partial charge in [0.15, 0.2) is 17.2 Å². The third-order valence-corrected chi connectivity index (χ3v) is 2.46. The molecule has 0 saturated heterocycles. The predicted octanol–water partition coefficient (Wildman–Crippen LogP) is 1.47. The molecule has 7 heteroatoms. The number of hydrogen-bond acceptors (Lipinski definition) is 6. The number of carboxylic acids is 1. The van der Waals surface area contributed by atoms with Gasteiger partial charge < -0.3 is 19.7 Å². The van der Waals surface area contributed by atoms with Gasteiger partial charge in [0.2, 0.25) is 5.88 Å². The van der Waals surface area contributed by atoms with Gasteiger partial charge >= 0.3 is 5.97 Å². The van der Waals surface area contributed by atoms with Crippen LogP contribution in [0.3, 0.4) is 0 Å². The van der Waals surface area contributed by atoms with Gasteiger partial charge in [-0.1, -0.05) is 6.07 Å². The minimum absolute atomic E-state index is 0.0416. The molecule has 0 saturated carbocycles. The molecular weight excluding hydrogens is 264 g/mol. The summed E-state index contributed by atoms with van der Waals surface area (Å²) in [5, 5.41) is 17.9. The molecule has 0 unspecified atom stereocenters. The largest absolute Gasteiger partial charge is 0.493 e. The summed E-state index contributed by atoms with van der Waals surface area (Å²) >= 11 is 0. The number of aromatic nitrogens is 2. The van der Waals surface area contributed by atoms with Gasteiger partial charge in [0.05, 0.1) is 26.1 Å². The van der Waals surface area contributed by atoms with E-state index in [4.69, 9.17) is 19.7 Å². The number of aliphatic hydroxyl groups excluding tert-OH is 1. The van der Waals surface area contributed by atoms with Crippen LogP contribution in [0.5, 0.6) is 17.4 Å². The first-order valence-electron chi connectivity index (χ1n) is 5.65. The highest BCUT2D eigenvalue weighted by Crippen LogP contribution is 2.31. The molecule has 2 N–H and O–H groups in total. The molecule has 2 aromatic rings. The summed E-state index contributed by atoms with van der Waals surface area (Å²) in [4.78, 5) is 18.3. The van der Waals surface area contributed by atoms with E-state index in [1.54, 1.807) is 18.2 Å². The van der Waals surface area contributed by atoms with Crippen LogP contribution in [0.25, 0.3) is 0 Å². The molecule has 104 valence electrons. The number of aromatic carboxylic acids is 1. The van der Waals surface area contributed by atoms with E-state index in [0.717, 1.165) is 6.20 Å². The van der Waals surface area contributed by atoms with Crippen LogP contribution in [0.4, 0.5) is 0 Å². The lowest BCUT2D eigenvalue weighted by Gasteiger charge is -2.10. The fourth-order valence-corrected chi connectivity index (χ4v) is 1.51. The van der Waals surface area contributed by atoms with E-state index in [1.807, 2.05) is 0 Å². The molecule has 0 aliphatic carbocycles. The quantitative estimate of drug-likeness (QED) is 0.852. The van der Waals surface area contributed by atoms with Crippen molar-refractivity contribution in [3.05, 3.63) is 41.9 Å². The molecule has 20 heavy (non-hydrogen) atoms. The van der Waals surface area contributed by atoms with E-state index >= 15 is 0 Å². The maximum Gasteiger partial charge on any atom is 0.356 e. The molecule has 0 spiro atoms. The van der Waals surface area contributed by atoms with Crippen LogP contribution >= 0.6 is 0 Å².